The highest BCUT2D eigenvalue weighted by Crippen LogP contribution is 2.55. The monoisotopic (exact) mass is 427 g/mol. The molecule has 7 heteroatoms. The molecule has 3 amide bonds. The van der Waals surface area contributed by atoms with Crippen LogP contribution >= 0.6 is 0 Å². The third-order valence-corrected chi connectivity index (χ3v) is 7.03. The van der Waals surface area contributed by atoms with Crippen LogP contribution in [0.2, 0.25) is 0 Å². The zero-order valence-electron chi connectivity index (χ0n) is 18.4. The van der Waals surface area contributed by atoms with Crippen molar-refractivity contribution in [3.63, 3.8) is 0 Å². The topological polar surface area (TPSA) is 96.5 Å². The number of ether oxygens (including phenoxy) is 1. The minimum absolute atomic E-state index is 0.108. The van der Waals surface area contributed by atoms with Gasteiger partial charge < -0.3 is 20.7 Å². The number of amides is 3. The Morgan fingerprint density at radius 3 is 2.13 bits per heavy atom. The first-order chi connectivity index (χ1) is 14.8. The highest BCUT2D eigenvalue weighted by molar-refractivity contribution is 5.93. The Balaban J connectivity index is 1.27. The van der Waals surface area contributed by atoms with Crippen molar-refractivity contribution in [1.82, 2.24) is 10.6 Å². The molecule has 0 saturated heterocycles. The summed E-state index contributed by atoms with van der Waals surface area (Å²) in [4.78, 5) is 37.5. The van der Waals surface area contributed by atoms with Crippen LogP contribution in [0.15, 0.2) is 30.3 Å². The molecule has 1 atom stereocenters. The molecule has 4 aliphatic rings. The lowest BCUT2D eigenvalue weighted by molar-refractivity contribution is -0.152. The number of carbonyl (C=O) groups is 3. The third-order valence-electron chi connectivity index (χ3n) is 7.03. The predicted molar refractivity (Wildman–Crippen MR) is 117 cm³/mol. The zero-order valence-corrected chi connectivity index (χ0v) is 18.4. The summed E-state index contributed by atoms with van der Waals surface area (Å²) in [6.07, 6.45) is 7.06. The van der Waals surface area contributed by atoms with E-state index >= 15 is 0 Å². The number of rotatable bonds is 7. The quantitative estimate of drug-likeness (QED) is 0.581. The summed E-state index contributed by atoms with van der Waals surface area (Å²) >= 11 is 0. The minimum atomic E-state index is -0.837. The Kier molecular flexibility index (Phi) is 6.21. The van der Waals surface area contributed by atoms with E-state index in [1.165, 1.54) is 19.3 Å². The number of urea groups is 1. The largest absolute Gasteiger partial charge is 0.454 e. The maximum absolute atomic E-state index is 12.6. The van der Waals surface area contributed by atoms with Crippen molar-refractivity contribution in [2.24, 2.45) is 23.7 Å². The van der Waals surface area contributed by atoms with Gasteiger partial charge in [0.2, 0.25) is 0 Å². The molecule has 0 aromatic heterocycles. The second-order valence-corrected chi connectivity index (χ2v) is 10.0. The van der Waals surface area contributed by atoms with Gasteiger partial charge in [0.15, 0.2) is 6.61 Å². The first kappa shape index (κ1) is 21.7. The number of nitrogens with one attached hydrogen (secondary N) is 3. The Morgan fingerprint density at radius 1 is 1.00 bits per heavy atom. The molecule has 7 nitrogen and oxygen atoms in total. The van der Waals surface area contributed by atoms with Crippen molar-refractivity contribution in [2.45, 2.75) is 64.0 Å². The Morgan fingerprint density at radius 2 is 1.58 bits per heavy atom. The molecule has 5 rings (SSSR count). The first-order valence-electron chi connectivity index (χ1n) is 11.4. The number of benzene rings is 1. The van der Waals surface area contributed by atoms with Gasteiger partial charge in [0.1, 0.15) is 6.04 Å². The number of anilines is 1. The normalized spacial score (nSPS) is 29.3. The summed E-state index contributed by atoms with van der Waals surface area (Å²) in [7, 11) is 0. The predicted octanol–water partition coefficient (Wildman–Crippen LogP) is 3.46. The van der Waals surface area contributed by atoms with Gasteiger partial charge in [-0.1, -0.05) is 32.0 Å². The van der Waals surface area contributed by atoms with Gasteiger partial charge in [0, 0.05) is 11.2 Å². The molecular formula is C24H33N3O4. The molecule has 4 saturated carbocycles. The van der Waals surface area contributed by atoms with Gasteiger partial charge in [-0.3, -0.25) is 4.79 Å². The number of carbonyl (C=O) groups excluding carboxylic acids is 3. The van der Waals surface area contributed by atoms with E-state index in [9.17, 15) is 14.4 Å². The van der Waals surface area contributed by atoms with Gasteiger partial charge in [-0.05, 0) is 74.3 Å². The molecule has 31 heavy (non-hydrogen) atoms. The van der Waals surface area contributed by atoms with Crippen LogP contribution in [-0.4, -0.2) is 36.1 Å². The van der Waals surface area contributed by atoms with Crippen LogP contribution in [-0.2, 0) is 14.3 Å². The average molecular weight is 428 g/mol. The lowest BCUT2D eigenvalue weighted by atomic mass is 9.53. The van der Waals surface area contributed by atoms with Crippen LogP contribution in [0.1, 0.15) is 52.4 Å². The lowest BCUT2D eigenvalue weighted by Crippen LogP contribution is -2.60. The van der Waals surface area contributed by atoms with Crippen molar-refractivity contribution < 1.29 is 19.1 Å². The summed E-state index contributed by atoms with van der Waals surface area (Å²) in [5.74, 6) is 1.16. The van der Waals surface area contributed by atoms with Crippen LogP contribution < -0.4 is 16.0 Å². The van der Waals surface area contributed by atoms with Crippen molar-refractivity contribution in [2.75, 3.05) is 11.9 Å². The fraction of sp³-hybridized carbons (Fsp3) is 0.625. The van der Waals surface area contributed by atoms with Crippen LogP contribution in [0.5, 0.6) is 0 Å². The Hall–Kier alpha value is -2.57. The maximum atomic E-state index is 12.6. The molecule has 0 aliphatic heterocycles. The van der Waals surface area contributed by atoms with E-state index < -0.39 is 18.0 Å². The smallest absolute Gasteiger partial charge is 0.329 e. The zero-order chi connectivity index (χ0) is 22.0. The number of hydrogen-bond donors (Lipinski definition) is 3. The van der Waals surface area contributed by atoms with Crippen LogP contribution in [0.3, 0.4) is 0 Å². The van der Waals surface area contributed by atoms with Gasteiger partial charge >= 0.3 is 12.0 Å². The highest BCUT2D eigenvalue weighted by Gasteiger charge is 2.51. The molecule has 1 aromatic carbocycles. The van der Waals surface area contributed by atoms with Crippen molar-refractivity contribution >= 4 is 23.6 Å². The highest BCUT2D eigenvalue weighted by atomic mass is 16.5. The van der Waals surface area contributed by atoms with E-state index in [4.69, 9.17) is 4.74 Å². The van der Waals surface area contributed by atoms with Crippen molar-refractivity contribution in [1.29, 1.82) is 0 Å². The lowest BCUT2D eigenvalue weighted by Gasteiger charge is -2.56. The number of hydrogen-bond acceptors (Lipinski definition) is 4. The second kappa shape index (κ2) is 8.89. The van der Waals surface area contributed by atoms with Crippen LogP contribution in [0.25, 0.3) is 0 Å². The molecule has 0 spiro atoms. The molecule has 0 heterocycles. The van der Waals surface area contributed by atoms with Gasteiger partial charge in [-0.15, -0.1) is 0 Å². The first-order valence-corrected chi connectivity index (χ1v) is 11.4. The van der Waals surface area contributed by atoms with Gasteiger partial charge in [-0.2, -0.15) is 0 Å². The minimum Gasteiger partial charge on any atom is -0.454 e. The summed E-state index contributed by atoms with van der Waals surface area (Å²) in [5.41, 5.74) is 0.523. The van der Waals surface area contributed by atoms with Gasteiger partial charge in [-0.25, -0.2) is 9.59 Å². The molecule has 0 unspecified atom stereocenters. The molecule has 4 fully saturated rings. The van der Waals surface area contributed by atoms with Crippen molar-refractivity contribution in [3.05, 3.63) is 30.3 Å². The number of para-hydroxylation sites is 1. The van der Waals surface area contributed by atoms with Crippen LogP contribution in [0, 0.1) is 23.7 Å². The fourth-order valence-electron chi connectivity index (χ4n) is 6.15. The molecule has 4 aliphatic carbocycles. The van der Waals surface area contributed by atoms with E-state index in [1.807, 2.05) is 32.0 Å². The molecule has 3 N–H and O–H groups in total. The molecular weight excluding hydrogens is 394 g/mol. The SMILES string of the molecule is CC(C)[C@H](NC(=O)Nc1ccccc1)C(=O)OCC(=O)NC12CC3CC(CC(C3)C1)C2. The van der Waals surface area contributed by atoms with Crippen molar-refractivity contribution in [3.8, 4) is 0 Å². The maximum Gasteiger partial charge on any atom is 0.329 e. The molecule has 0 radical (unpaired) electrons. The Labute approximate surface area is 183 Å². The summed E-state index contributed by atoms with van der Waals surface area (Å²) < 4.78 is 5.30. The van der Waals surface area contributed by atoms with Gasteiger partial charge in [0.25, 0.3) is 5.91 Å². The van der Waals surface area contributed by atoms with E-state index in [0.29, 0.717) is 5.69 Å². The summed E-state index contributed by atoms with van der Waals surface area (Å²) in [6, 6.07) is 7.68. The van der Waals surface area contributed by atoms with E-state index in [0.717, 1.165) is 37.0 Å². The molecule has 1 aromatic rings. The second-order valence-electron chi connectivity index (χ2n) is 10.0. The Bertz CT molecular complexity index is 788. The third kappa shape index (κ3) is 5.20. The van der Waals surface area contributed by atoms with E-state index in [-0.39, 0.29) is 24.0 Å². The van der Waals surface area contributed by atoms with Gasteiger partial charge in [0.05, 0.1) is 0 Å². The molecule has 168 valence electrons. The standard InChI is InChI=1S/C24H33N3O4/c1-15(2)21(26-23(30)25-19-6-4-3-5-7-19)22(29)31-14-20(28)27-24-11-16-8-17(12-24)10-18(9-16)13-24/h3-7,15-18,21H,8-14H2,1-2H3,(H,27,28)(H2,25,26,30)/t16?,17?,18?,21-,24?/m0/s1. The number of esters is 1. The summed E-state index contributed by atoms with van der Waals surface area (Å²) in [6.45, 7) is 3.33. The average Bonchev–Trinajstić information content (AvgIpc) is 2.69. The van der Waals surface area contributed by atoms with E-state index in [2.05, 4.69) is 16.0 Å². The van der Waals surface area contributed by atoms with Crippen LogP contribution in [0.4, 0.5) is 10.5 Å². The summed E-state index contributed by atoms with van der Waals surface area (Å²) in [5, 5.41) is 8.56. The van der Waals surface area contributed by atoms with E-state index in [1.54, 1.807) is 12.1 Å². The fourth-order valence-corrected chi connectivity index (χ4v) is 6.15. The molecule has 4 bridgehead atoms.